The molecule has 0 saturated carbocycles. The molecule has 0 aliphatic rings. The Bertz CT molecular complexity index is 315. The number of halogens is 1. The minimum Gasteiger partial charge on any atom is -0.309 e. The molecule has 90 valence electrons. The molecule has 3 nitrogen and oxygen atoms in total. The smallest absolute Gasteiger partial charge is 0.0410 e. The van der Waals surface area contributed by atoms with Crippen molar-refractivity contribution < 1.29 is 0 Å². The summed E-state index contributed by atoms with van der Waals surface area (Å²) in [5.74, 6) is 0. The van der Waals surface area contributed by atoms with Crippen molar-refractivity contribution in [3.63, 3.8) is 0 Å². The van der Waals surface area contributed by atoms with Crippen LogP contribution < -0.4 is 0 Å². The van der Waals surface area contributed by atoms with E-state index in [1.165, 1.54) is 12.0 Å². The lowest BCUT2D eigenvalue weighted by molar-refractivity contribution is 0.294. The Kier molecular flexibility index (Phi) is 5.95. The largest absolute Gasteiger partial charge is 0.309 e. The van der Waals surface area contributed by atoms with Crippen LogP contribution in [0.4, 0.5) is 0 Å². The quantitative estimate of drug-likeness (QED) is 0.799. The van der Waals surface area contributed by atoms with Crippen LogP contribution in [0.5, 0.6) is 0 Å². The standard InChI is InChI=1S/C12H20BrN3/c1-15(2)5-4-6-16(3)10-11-7-12(13)9-14-8-11/h7-9H,4-6,10H2,1-3H3. The first-order chi connectivity index (χ1) is 7.58. The predicted molar refractivity (Wildman–Crippen MR) is 71.4 cm³/mol. The van der Waals surface area contributed by atoms with Crippen LogP contribution in [0.2, 0.25) is 0 Å². The third kappa shape index (κ3) is 5.58. The van der Waals surface area contributed by atoms with E-state index in [0.29, 0.717) is 0 Å². The van der Waals surface area contributed by atoms with Gasteiger partial charge in [-0.2, -0.15) is 0 Å². The number of hydrogen-bond acceptors (Lipinski definition) is 3. The lowest BCUT2D eigenvalue weighted by atomic mass is 10.2. The van der Waals surface area contributed by atoms with Gasteiger partial charge in [0, 0.05) is 23.4 Å². The molecule has 1 aromatic rings. The van der Waals surface area contributed by atoms with Crippen LogP contribution in [0, 0.1) is 0 Å². The van der Waals surface area contributed by atoms with E-state index in [-0.39, 0.29) is 0 Å². The predicted octanol–water partition coefficient (Wildman–Crippen LogP) is 2.23. The lowest BCUT2D eigenvalue weighted by Crippen LogP contribution is -2.23. The second-order valence-corrected chi connectivity index (χ2v) is 5.32. The number of rotatable bonds is 6. The van der Waals surface area contributed by atoms with Gasteiger partial charge in [-0.05, 0) is 68.2 Å². The minimum atomic E-state index is 0.958. The van der Waals surface area contributed by atoms with Gasteiger partial charge in [-0.25, -0.2) is 0 Å². The lowest BCUT2D eigenvalue weighted by Gasteiger charge is -2.18. The molecular formula is C12H20BrN3. The van der Waals surface area contributed by atoms with Crippen molar-refractivity contribution in [3.8, 4) is 0 Å². The molecule has 4 heteroatoms. The summed E-state index contributed by atoms with van der Waals surface area (Å²) >= 11 is 3.44. The van der Waals surface area contributed by atoms with E-state index in [2.05, 4.69) is 57.9 Å². The molecule has 0 atom stereocenters. The van der Waals surface area contributed by atoms with Gasteiger partial charge in [0.05, 0.1) is 0 Å². The summed E-state index contributed by atoms with van der Waals surface area (Å²) in [5, 5.41) is 0. The van der Waals surface area contributed by atoms with Crippen LogP contribution in [0.1, 0.15) is 12.0 Å². The van der Waals surface area contributed by atoms with Crippen molar-refractivity contribution in [2.24, 2.45) is 0 Å². The molecule has 0 amide bonds. The molecule has 0 aliphatic heterocycles. The highest BCUT2D eigenvalue weighted by Gasteiger charge is 2.01. The van der Waals surface area contributed by atoms with Crippen molar-refractivity contribution >= 4 is 15.9 Å². The molecule has 0 N–H and O–H groups in total. The van der Waals surface area contributed by atoms with Gasteiger partial charge in [-0.3, -0.25) is 4.98 Å². The van der Waals surface area contributed by atoms with Gasteiger partial charge in [-0.15, -0.1) is 0 Å². The molecule has 0 unspecified atom stereocenters. The highest BCUT2D eigenvalue weighted by Crippen LogP contribution is 2.11. The molecule has 16 heavy (non-hydrogen) atoms. The molecule has 0 aliphatic carbocycles. The Labute approximate surface area is 107 Å². The van der Waals surface area contributed by atoms with E-state index in [4.69, 9.17) is 0 Å². The van der Waals surface area contributed by atoms with Crippen molar-refractivity contribution in [2.75, 3.05) is 34.2 Å². The van der Waals surface area contributed by atoms with Gasteiger partial charge in [-0.1, -0.05) is 0 Å². The molecule has 0 fully saturated rings. The fraction of sp³-hybridized carbons (Fsp3) is 0.583. The number of nitrogens with zero attached hydrogens (tertiary/aromatic N) is 3. The minimum absolute atomic E-state index is 0.958. The maximum atomic E-state index is 4.16. The number of pyridine rings is 1. The Morgan fingerprint density at radius 2 is 1.94 bits per heavy atom. The van der Waals surface area contributed by atoms with Crippen LogP contribution in [-0.2, 0) is 6.54 Å². The van der Waals surface area contributed by atoms with Crippen LogP contribution >= 0.6 is 15.9 Å². The summed E-state index contributed by atoms with van der Waals surface area (Å²) in [5.41, 5.74) is 1.25. The Morgan fingerprint density at radius 1 is 1.19 bits per heavy atom. The van der Waals surface area contributed by atoms with Gasteiger partial charge in [0.15, 0.2) is 0 Å². The third-order valence-corrected chi connectivity index (χ3v) is 2.79. The average Bonchev–Trinajstić information content (AvgIpc) is 2.16. The van der Waals surface area contributed by atoms with Crippen molar-refractivity contribution in [1.29, 1.82) is 0 Å². The fourth-order valence-corrected chi connectivity index (χ4v) is 2.00. The van der Waals surface area contributed by atoms with Crippen molar-refractivity contribution in [1.82, 2.24) is 14.8 Å². The summed E-state index contributed by atoms with van der Waals surface area (Å²) in [6.45, 7) is 3.21. The maximum Gasteiger partial charge on any atom is 0.0410 e. The fourth-order valence-electron chi connectivity index (χ4n) is 1.59. The zero-order valence-electron chi connectivity index (χ0n) is 10.3. The van der Waals surface area contributed by atoms with Crippen LogP contribution in [-0.4, -0.2) is 49.0 Å². The highest BCUT2D eigenvalue weighted by molar-refractivity contribution is 9.10. The van der Waals surface area contributed by atoms with Crippen LogP contribution in [0.25, 0.3) is 0 Å². The molecular weight excluding hydrogens is 266 g/mol. The van der Waals surface area contributed by atoms with Gasteiger partial charge in [0.25, 0.3) is 0 Å². The topological polar surface area (TPSA) is 19.4 Å². The number of hydrogen-bond donors (Lipinski definition) is 0. The zero-order valence-corrected chi connectivity index (χ0v) is 11.9. The van der Waals surface area contributed by atoms with Crippen LogP contribution in [0.3, 0.4) is 0 Å². The monoisotopic (exact) mass is 285 g/mol. The number of aromatic nitrogens is 1. The second-order valence-electron chi connectivity index (χ2n) is 4.41. The Balaban J connectivity index is 2.31. The van der Waals surface area contributed by atoms with Gasteiger partial charge in [0.1, 0.15) is 0 Å². The van der Waals surface area contributed by atoms with Gasteiger partial charge < -0.3 is 9.80 Å². The molecule has 0 spiro atoms. The van der Waals surface area contributed by atoms with Gasteiger partial charge in [0.2, 0.25) is 0 Å². The zero-order chi connectivity index (χ0) is 12.0. The highest BCUT2D eigenvalue weighted by atomic mass is 79.9. The summed E-state index contributed by atoms with van der Waals surface area (Å²) in [6.07, 6.45) is 4.94. The molecule has 0 aromatic carbocycles. The molecule has 0 radical (unpaired) electrons. The molecule has 1 aromatic heterocycles. The van der Waals surface area contributed by atoms with Crippen LogP contribution in [0.15, 0.2) is 22.9 Å². The first-order valence-electron chi connectivity index (χ1n) is 5.50. The Hall–Kier alpha value is -0.450. The Morgan fingerprint density at radius 3 is 2.56 bits per heavy atom. The third-order valence-electron chi connectivity index (χ3n) is 2.36. The van der Waals surface area contributed by atoms with E-state index >= 15 is 0 Å². The molecule has 1 heterocycles. The molecule has 0 saturated heterocycles. The molecule has 1 rings (SSSR count). The summed E-state index contributed by atoms with van der Waals surface area (Å²) in [4.78, 5) is 8.71. The summed E-state index contributed by atoms with van der Waals surface area (Å²) in [7, 11) is 6.37. The van der Waals surface area contributed by atoms with E-state index in [1.807, 2.05) is 12.4 Å². The average molecular weight is 286 g/mol. The van der Waals surface area contributed by atoms with Gasteiger partial charge >= 0.3 is 0 Å². The van der Waals surface area contributed by atoms with E-state index < -0.39 is 0 Å². The normalized spacial score (nSPS) is 11.4. The summed E-state index contributed by atoms with van der Waals surface area (Å²) in [6, 6.07) is 2.12. The molecule has 0 bridgehead atoms. The van der Waals surface area contributed by atoms with E-state index in [0.717, 1.165) is 24.1 Å². The van der Waals surface area contributed by atoms with Crippen molar-refractivity contribution in [2.45, 2.75) is 13.0 Å². The van der Waals surface area contributed by atoms with E-state index in [9.17, 15) is 0 Å². The van der Waals surface area contributed by atoms with Crippen molar-refractivity contribution in [3.05, 3.63) is 28.5 Å². The maximum absolute atomic E-state index is 4.16. The van der Waals surface area contributed by atoms with E-state index in [1.54, 1.807) is 0 Å². The first-order valence-corrected chi connectivity index (χ1v) is 6.30. The SMILES string of the molecule is CN(C)CCCN(C)Cc1cncc(Br)c1. The first kappa shape index (κ1) is 13.6. The second kappa shape index (κ2) is 6.99. The summed E-state index contributed by atoms with van der Waals surface area (Å²) < 4.78 is 1.05.